The van der Waals surface area contributed by atoms with Crippen LogP contribution in [0.3, 0.4) is 0 Å². The lowest BCUT2D eigenvalue weighted by Crippen LogP contribution is -1.79. The summed E-state index contributed by atoms with van der Waals surface area (Å²) in [6, 6.07) is 11.6. The van der Waals surface area contributed by atoms with E-state index in [9.17, 15) is 0 Å². The fourth-order valence-corrected chi connectivity index (χ4v) is 2.17. The van der Waals surface area contributed by atoms with Crippen LogP contribution in [0, 0.1) is 18.3 Å². The summed E-state index contributed by atoms with van der Waals surface area (Å²) in [5, 5.41) is 8.93. The Morgan fingerprint density at radius 2 is 2.00 bits per heavy atom. The predicted molar refractivity (Wildman–Crippen MR) is 58.7 cm³/mol. The molecule has 0 saturated carbocycles. The Balaban J connectivity index is 2.33. The average molecular weight is 215 g/mol. The highest BCUT2D eigenvalue weighted by Gasteiger charge is 2.06. The summed E-state index contributed by atoms with van der Waals surface area (Å²) < 4.78 is 5.21. The van der Waals surface area contributed by atoms with Crippen LogP contribution >= 0.6 is 11.8 Å². The van der Waals surface area contributed by atoms with E-state index in [0.717, 1.165) is 15.6 Å². The van der Waals surface area contributed by atoms with E-state index in [1.807, 2.05) is 37.3 Å². The Labute approximate surface area is 92.5 Å². The maximum atomic E-state index is 8.93. The van der Waals surface area contributed by atoms with E-state index < -0.39 is 0 Å². The maximum Gasteiger partial charge on any atom is 0.114 e. The summed E-state index contributed by atoms with van der Waals surface area (Å²) in [4.78, 5) is 2.02. The molecule has 1 heterocycles. The van der Waals surface area contributed by atoms with Crippen molar-refractivity contribution < 1.29 is 4.42 Å². The largest absolute Gasteiger partial charge is 0.468 e. The third-order valence-corrected chi connectivity index (χ3v) is 3.26. The highest BCUT2D eigenvalue weighted by Crippen LogP contribution is 2.32. The molecule has 15 heavy (non-hydrogen) atoms. The lowest BCUT2D eigenvalue weighted by molar-refractivity contribution is 0.527. The van der Waals surface area contributed by atoms with Crippen molar-refractivity contribution in [1.82, 2.24) is 0 Å². The van der Waals surface area contributed by atoms with Crippen LogP contribution < -0.4 is 0 Å². The molecule has 0 radical (unpaired) electrons. The molecule has 2 nitrogen and oxygen atoms in total. The third-order valence-electron chi connectivity index (χ3n) is 2.04. The Morgan fingerprint density at radius 3 is 2.67 bits per heavy atom. The van der Waals surface area contributed by atoms with Crippen molar-refractivity contribution in [2.75, 3.05) is 0 Å². The summed E-state index contributed by atoms with van der Waals surface area (Å²) in [5.74, 6) is 0.882. The van der Waals surface area contributed by atoms with E-state index in [4.69, 9.17) is 9.68 Å². The Kier molecular flexibility index (Phi) is 2.79. The van der Waals surface area contributed by atoms with Crippen LogP contribution in [-0.4, -0.2) is 0 Å². The van der Waals surface area contributed by atoms with Crippen molar-refractivity contribution in [1.29, 1.82) is 5.26 Å². The number of rotatable bonds is 2. The van der Waals surface area contributed by atoms with Gasteiger partial charge in [0.1, 0.15) is 11.8 Å². The van der Waals surface area contributed by atoms with Gasteiger partial charge in [-0.3, -0.25) is 0 Å². The van der Waals surface area contributed by atoms with Gasteiger partial charge in [-0.1, -0.05) is 23.9 Å². The second-order valence-corrected chi connectivity index (χ2v) is 4.13. The Hall–Kier alpha value is -1.66. The van der Waals surface area contributed by atoms with Crippen LogP contribution in [0.5, 0.6) is 0 Å². The zero-order valence-electron chi connectivity index (χ0n) is 8.23. The van der Waals surface area contributed by atoms with Crippen molar-refractivity contribution in [2.45, 2.75) is 16.7 Å². The smallest absolute Gasteiger partial charge is 0.114 e. The zero-order valence-corrected chi connectivity index (χ0v) is 9.04. The van der Waals surface area contributed by atoms with Gasteiger partial charge in [0.15, 0.2) is 0 Å². The van der Waals surface area contributed by atoms with Crippen LogP contribution in [0.25, 0.3) is 0 Å². The summed E-state index contributed by atoms with van der Waals surface area (Å²) in [7, 11) is 0. The highest BCUT2D eigenvalue weighted by molar-refractivity contribution is 7.99. The van der Waals surface area contributed by atoms with Gasteiger partial charge in [-0.2, -0.15) is 5.26 Å². The van der Waals surface area contributed by atoms with E-state index in [-0.39, 0.29) is 0 Å². The standard InChI is InChI=1S/C12H9NOS/c1-9-11(6-7-14-9)15-12-5-3-2-4-10(12)8-13/h2-7H,1H3. The average Bonchev–Trinajstić information content (AvgIpc) is 2.65. The summed E-state index contributed by atoms with van der Waals surface area (Å²) >= 11 is 1.56. The number of aryl methyl sites for hydroxylation is 1. The van der Waals surface area contributed by atoms with E-state index in [0.29, 0.717) is 5.56 Å². The molecule has 0 saturated heterocycles. The molecule has 2 aromatic rings. The predicted octanol–water partition coefficient (Wildman–Crippen LogP) is 3.61. The monoisotopic (exact) mass is 215 g/mol. The van der Waals surface area contributed by atoms with E-state index in [1.54, 1.807) is 18.0 Å². The number of nitrogens with zero attached hydrogens (tertiary/aromatic N) is 1. The summed E-state index contributed by atoms with van der Waals surface area (Å²) in [6.07, 6.45) is 1.66. The molecule has 0 unspecified atom stereocenters. The molecule has 0 amide bonds. The Morgan fingerprint density at radius 1 is 1.20 bits per heavy atom. The second-order valence-electron chi connectivity index (χ2n) is 3.05. The van der Waals surface area contributed by atoms with Gasteiger partial charge in [-0.15, -0.1) is 0 Å². The molecule has 0 fully saturated rings. The number of benzene rings is 1. The Bertz CT molecular complexity index is 510. The molecule has 0 atom stereocenters. The quantitative estimate of drug-likeness (QED) is 0.767. The van der Waals surface area contributed by atoms with Crippen molar-refractivity contribution >= 4 is 11.8 Å². The molecule has 74 valence electrons. The molecular weight excluding hydrogens is 206 g/mol. The van der Waals surface area contributed by atoms with E-state index in [2.05, 4.69) is 6.07 Å². The first-order valence-electron chi connectivity index (χ1n) is 4.52. The molecule has 1 aromatic heterocycles. The minimum absolute atomic E-state index is 0.697. The number of nitriles is 1. The van der Waals surface area contributed by atoms with Crippen LogP contribution in [-0.2, 0) is 0 Å². The molecule has 1 aromatic carbocycles. The van der Waals surface area contributed by atoms with Gasteiger partial charge in [-0.25, -0.2) is 0 Å². The van der Waals surface area contributed by atoms with Crippen molar-refractivity contribution in [3.8, 4) is 6.07 Å². The number of hydrogen-bond donors (Lipinski definition) is 0. The molecular formula is C12H9NOS. The zero-order chi connectivity index (χ0) is 10.7. The van der Waals surface area contributed by atoms with Crippen LogP contribution in [0.2, 0.25) is 0 Å². The SMILES string of the molecule is Cc1occc1Sc1ccccc1C#N. The first kappa shape index (κ1) is 9.88. The van der Waals surface area contributed by atoms with Gasteiger partial charge in [0.2, 0.25) is 0 Å². The van der Waals surface area contributed by atoms with Gasteiger partial charge in [0, 0.05) is 4.90 Å². The van der Waals surface area contributed by atoms with E-state index in [1.165, 1.54) is 0 Å². The number of hydrogen-bond acceptors (Lipinski definition) is 3. The fourth-order valence-electron chi connectivity index (χ4n) is 1.25. The van der Waals surface area contributed by atoms with Crippen LogP contribution in [0.15, 0.2) is 50.8 Å². The summed E-state index contributed by atoms with van der Waals surface area (Å²) in [6.45, 7) is 1.91. The normalized spacial score (nSPS) is 9.87. The third kappa shape index (κ3) is 2.05. The first-order chi connectivity index (χ1) is 7.31. The molecule has 0 aliphatic rings. The molecule has 2 rings (SSSR count). The molecule has 3 heteroatoms. The van der Waals surface area contributed by atoms with Gasteiger partial charge in [0.05, 0.1) is 16.7 Å². The topological polar surface area (TPSA) is 36.9 Å². The molecule has 0 spiro atoms. The van der Waals surface area contributed by atoms with Crippen molar-refractivity contribution in [2.24, 2.45) is 0 Å². The highest BCUT2D eigenvalue weighted by atomic mass is 32.2. The lowest BCUT2D eigenvalue weighted by atomic mass is 10.2. The first-order valence-corrected chi connectivity index (χ1v) is 5.34. The van der Waals surface area contributed by atoms with Crippen molar-refractivity contribution in [3.05, 3.63) is 47.9 Å². The minimum atomic E-state index is 0.697. The second kappa shape index (κ2) is 4.24. The molecule has 0 N–H and O–H groups in total. The number of furan rings is 1. The van der Waals surface area contributed by atoms with Gasteiger partial charge < -0.3 is 4.42 Å². The minimum Gasteiger partial charge on any atom is -0.468 e. The van der Waals surface area contributed by atoms with Crippen LogP contribution in [0.1, 0.15) is 11.3 Å². The van der Waals surface area contributed by atoms with Crippen LogP contribution in [0.4, 0.5) is 0 Å². The lowest BCUT2D eigenvalue weighted by Gasteiger charge is -2.01. The molecule has 0 aliphatic heterocycles. The molecule has 0 bridgehead atoms. The van der Waals surface area contributed by atoms with E-state index >= 15 is 0 Å². The molecule has 0 aliphatic carbocycles. The van der Waals surface area contributed by atoms with Gasteiger partial charge in [-0.05, 0) is 25.1 Å². The maximum absolute atomic E-state index is 8.93. The fraction of sp³-hybridized carbons (Fsp3) is 0.0833. The van der Waals surface area contributed by atoms with Gasteiger partial charge >= 0.3 is 0 Å². The summed E-state index contributed by atoms with van der Waals surface area (Å²) in [5.41, 5.74) is 0.697. The van der Waals surface area contributed by atoms with Gasteiger partial charge in [0.25, 0.3) is 0 Å². The van der Waals surface area contributed by atoms with Crippen molar-refractivity contribution in [3.63, 3.8) is 0 Å².